The van der Waals surface area contributed by atoms with E-state index in [1.54, 1.807) is 0 Å². The van der Waals surface area contributed by atoms with Gasteiger partial charge in [-0.25, -0.2) is 4.98 Å². The van der Waals surface area contributed by atoms with Crippen LogP contribution in [0.2, 0.25) is 0 Å². The number of morpholine rings is 1. The molecule has 2 N–H and O–H groups in total. The first-order valence-electron chi connectivity index (χ1n) is 9.38. The fourth-order valence-corrected chi connectivity index (χ4v) is 3.13. The molecule has 0 saturated carbocycles. The van der Waals surface area contributed by atoms with Gasteiger partial charge in [-0.3, -0.25) is 9.69 Å². The lowest BCUT2D eigenvalue weighted by molar-refractivity contribution is -0.106. The van der Waals surface area contributed by atoms with Crippen molar-refractivity contribution in [2.45, 2.75) is 6.42 Å². The molecule has 28 heavy (non-hydrogen) atoms. The maximum Gasteiger partial charge on any atom is 0.226 e. The second-order valence-electron chi connectivity index (χ2n) is 6.36. The third-order valence-electron chi connectivity index (χ3n) is 4.52. The Morgan fingerprint density at radius 1 is 0.964 bits per heavy atom. The molecule has 1 aliphatic heterocycles. The molecular weight excluding hydrogens is 354 g/mol. The van der Waals surface area contributed by atoms with Gasteiger partial charge in [0.25, 0.3) is 0 Å². The second-order valence-corrected chi connectivity index (χ2v) is 6.36. The first-order chi connectivity index (χ1) is 13.8. The summed E-state index contributed by atoms with van der Waals surface area (Å²) in [6.45, 7) is 4.57. The third kappa shape index (κ3) is 5.28. The minimum absolute atomic E-state index is 0.250. The van der Waals surface area contributed by atoms with Gasteiger partial charge in [0, 0.05) is 37.2 Å². The van der Waals surface area contributed by atoms with Crippen molar-refractivity contribution in [1.29, 1.82) is 0 Å². The summed E-state index contributed by atoms with van der Waals surface area (Å²) in [6.07, 6.45) is 1.10. The van der Waals surface area contributed by atoms with Crippen LogP contribution in [0.3, 0.4) is 0 Å². The molecule has 1 fully saturated rings. The molecule has 3 aromatic rings. The van der Waals surface area contributed by atoms with Gasteiger partial charge in [0.1, 0.15) is 11.5 Å². The average molecular weight is 379 g/mol. The molecule has 0 unspecified atom stereocenters. The molecule has 0 atom stereocenters. The van der Waals surface area contributed by atoms with Crippen molar-refractivity contribution in [1.82, 2.24) is 9.88 Å². The number of rotatable bonds is 5. The first-order valence-corrected chi connectivity index (χ1v) is 9.38. The largest absolute Gasteiger partial charge is 0.440 e. The Morgan fingerprint density at radius 2 is 1.54 bits per heavy atom. The molecule has 1 aromatic heterocycles. The summed E-state index contributed by atoms with van der Waals surface area (Å²) >= 11 is 0. The number of nitrogens with zero attached hydrogens (tertiary/aromatic N) is 2. The van der Waals surface area contributed by atoms with Crippen LogP contribution in [-0.4, -0.2) is 49.1 Å². The van der Waals surface area contributed by atoms with E-state index in [1.807, 2.05) is 48.5 Å². The van der Waals surface area contributed by atoms with Crippen molar-refractivity contribution in [3.05, 3.63) is 66.4 Å². The monoisotopic (exact) mass is 379 g/mol. The maximum absolute atomic E-state index is 8.58. The minimum Gasteiger partial charge on any atom is -0.440 e. The van der Waals surface area contributed by atoms with Gasteiger partial charge in [0.2, 0.25) is 12.3 Å². The average Bonchev–Trinajstić information content (AvgIpc) is 3.19. The zero-order chi connectivity index (χ0) is 19.6. The van der Waals surface area contributed by atoms with Gasteiger partial charge < -0.3 is 14.9 Å². The van der Waals surface area contributed by atoms with Gasteiger partial charge in [-0.2, -0.15) is 0 Å². The van der Waals surface area contributed by atoms with E-state index >= 15 is 0 Å². The topological polar surface area (TPSA) is 81.6 Å². The highest BCUT2D eigenvalue weighted by atomic mass is 16.5. The molecule has 4 rings (SSSR count). The van der Waals surface area contributed by atoms with E-state index in [9.17, 15) is 0 Å². The highest BCUT2D eigenvalue weighted by Crippen LogP contribution is 2.29. The lowest BCUT2D eigenvalue weighted by atomic mass is 10.1. The number of hydrogen-bond donors (Lipinski definition) is 1. The maximum atomic E-state index is 8.58. The van der Waals surface area contributed by atoms with Gasteiger partial charge in [0.15, 0.2) is 0 Å². The number of benzene rings is 2. The van der Waals surface area contributed by atoms with E-state index in [0.29, 0.717) is 5.89 Å². The van der Waals surface area contributed by atoms with Crippen molar-refractivity contribution < 1.29 is 13.9 Å². The Balaban J connectivity index is 0.000000706. The van der Waals surface area contributed by atoms with Gasteiger partial charge >= 0.3 is 0 Å². The first kappa shape index (κ1) is 19.8. The second kappa shape index (κ2) is 10.4. The van der Waals surface area contributed by atoms with Crippen LogP contribution in [0.15, 0.2) is 65.1 Å². The molecule has 146 valence electrons. The standard InChI is InChI=1S/C21H22N2O2.CH3NO/c1-3-7-17(8-4-1)20-19(11-12-23-13-15-24-16-14-23)25-21(22-20)18-9-5-2-6-10-18;2-1-3/h1-10H,11-16H2;1H,(H2,2,3). The van der Waals surface area contributed by atoms with Crippen LogP contribution >= 0.6 is 0 Å². The van der Waals surface area contributed by atoms with Crippen LogP contribution in [0, 0.1) is 0 Å². The zero-order valence-corrected chi connectivity index (χ0v) is 15.8. The quantitative estimate of drug-likeness (QED) is 0.689. The van der Waals surface area contributed by atoms with Gasteiger partial charge in [0.05, 0.1) is 13.2 Å². The van der Waals surface area contributed by atoms with Crippen LogP contribution in [0.4, 0.5) is 0 Å². The summed E-state index contributed by atoms with van der Waals surface area (Å²) in [5, 5.41) is 0. The summed E-state index contributed by atoms with van der Waals surface area (Å²) in [4.78, 5) is 15.8. The third-order valence-corrected chi connectivity index (χ3v) is 4.52. The number of carbonyl (C=O) groups excluding carboxylic acids is 1. The van der Waals surface area contributed by atoms with Gasteiger partial charge in [-0.05, 0) is 12.1 Å². The number of primary amides is 1. The van der Waals surface area contributed by atoms with Gasteiger partial charge in [-0.1, -0.05) is 48.5 Å². The van der Waals surface area contributed by atoms with Crippen LogP contribution in [0.1, 0.15) is 5.76 Å². The van der Waals surface area contributed by atoms with Gasteiger partial charge in [-0.15, -0.1) is 0 Å². The predicted octanol–water partition coefficient (Wildman–Crippen LogP) is 2.98. The normalized spacial score (nSPS) is 14.1. The Morgan fingerprint density at radius 3 is 2.14 bits per heavy atom. The molecule has 1 aliphatic rings. The number of amides is 1. The number of ether oxygens (including phenoxy) is 1. The van der Waals surface area contributed by atoms with Crippen molar-refractivity contribution in [2.75, 3.05) is 32.8 Å². The van der Waals surface area contributed by atoms with Crippen LogP contribution in [0.5, 0.6) is 0 Å². The van der Waals surface area contributed by atoms with E-state index in [-0.39, 0.29) is 6.41 Å². The number of carbonyl (C=O) groups is 1. The number of nitrogens with two attached hydrogens (primary N) is 1. The van der Waals surface area contributed by atoms with Crippen molar-refractivity contribution in [3.63, 3.8) is 0 Å². The fourth-order valence-electron chi connectivity index (χ4n) is 3.13. The molecule has 0 bridgehead atoms. The molecule has 2 aromatic carbocycles. The Kier molecular flexibility index (Phi) is 7.35. The zero-order valence-electron chi connectivity index (χ0n) is 15.8. The summed E-state index contributed by atoms with van der Waals surface area (Å²) in [5.41, 5.74) is 7.23. The molecule has 0 aliphatic carbocycles. The molecule has 1 saturated heterocycles. The minimum atomic E-state index is 0.250. The molecule has 0 spiro atoms. The predicted molar refractivity (Wildman–Crippen MR) is 109 cm³/mol. The summed E-state index contributed by atoms with van der Waals surface area (Å²) < 4.78 is 11.6. The van der Waals surface area contributed by atoms with E-state index in [1.165, 1.54) is 0 Å². The molecule has 2 heterocycles. The molecule has 0 radical (unpaired) electrons. The lowest BCUT2D eigenvalue weighted by Gasteiger charge is -2.26. The molecular formula is C22H25N3O3. The van der Waals surface area contributed by atoms with Crippen molar-refractivity contribution in [2.24, 2.45) is 5.73 Å². The number of oxazole rings is 1. The van der Waals surface area contributed by atoms with Crippen molar-refractivity contribution >= 4 is 6.41 Å². The molecule has 1 amide bonds. The molecule has 6 heteroatoms. The van der Waals surface area contributed by atoms with Crippen molar-refractivity contribution in [3.8, 4) is 22.7 Å². The lowest BCUT2D eigenvalue weighted by Crippen LogP contribution is -2.37. The highest BCUT2D eigenvalue weighted by molar-refractivity contribution is 5.65. The number of hydrogen-bond acceptors (Lipinski definition) is 5. The Bertz CT molecular complexity index is 844. The van der Waals surface area contributed by atoms with E-state index in [0.717, 1.165) is 61.8 Å². The van der Waals surface area contributed by atoms with E-state index in [2.05, 4.69) is 22.8 Å². The Labute approximate surface area is 164 Å². The smallest absolute Gasteiger partial charge is 0.226 e. The van der Waals surface area contributed by atoms with E-state index in [4.69, 9.17) is 18.9 Å². The van der Waals surface area contributed by atoms with Crippen LogP contribution < -0.4 is 5.73 Å². The number of aromatic nitrogens is 1. The fraction of sp³-hybridized carbons (Fsp3) is 0.273. The molecule has 6 nitrogen and oxygen atoms in total. The van der Waals surface area contributed by atoms with Crippen LogP contribution in [0.25, 0.3) is 22.7 Å². The summed E-state index contributed by atoms with van der Waals surface area (Å²) in [7, 11) is 0. The SMILES string of the molecule is NC=O.c1ccc(-c2nc(-c3ccccc3)c(CCN3CCOCC3)o2)cc1. The Hall–Kier alpha value is -2.96. The van der Waals surface area contributed by atoms with Crippen LogP contribution in [-0.2, 0) is 16.0 Å². The highest BCUT2D eigenvalue weighted by Gasteiger charge is 2.18. The summed E-state index contributed by atoms with van der Waals surface area (Å²) in [5.74, 6) is 1.65. The summed E-state index contributed by atoms with van der Waals surface area (Å²) in [6, 6.07) is 20.4. The van der Waals surface area contributed by atoms with E-state index < -0.39 is 0 Å².